The normalized spacial score (nSPS) is 33.2. The number of hydrogen-bond acceptors (Lipinski definition) is 4. The fraction of sp³-hybridized carbons (Fsp3) is 0.933. The molecule has 9 heteroatoms. The fourth-order valence-electron chi connectivity index (χ4n) is 3.95. The molecule has 0 aromatic heterocycles. The molecule has 3 aliphatic carbocycles. The van der Waals surface area contributed by atoms with E-state index in [1.165, 1.54) is 44.3 Å². The van der Waals surface area contributed by atoms with E-state index < -0.39 is 15.6 Å². The van der Waals surface area contributed by atoms with Crippen LogP contribution in [0.25, 0.3) is 0 Å². The first-order chi connectivity index (χ1) is 11.1. The number of rotatable bonds is 3. The maximum atomic E-state index is 11.8. The van der Waals surface area contributed by atoms with Crippen LogP contribution in [0.1, 0.15) is 51.4 Å². The third kappa shape index (κ3) is 5.36. The van der Waals surface area contributed by atoms with E-state index in [-0.39, 0.29) is 0 Å². The van der Waals surface area contributed by atoms with Gasteiger partial charge in [-0.2, -0.15) is 13.2 Å². The Bertz CT molecular complexity index is 547. The molecule has 0 aliphatic heterocycles. The van der Waals surface area contributed by atoms with Crippen molar-refractivity contribution in [2.45, 2.75) is 62.1 Å². The zero-order valence-electron chi connectivity index (χ0n) is 13.3. The molecule has 4 unspecified atom stereocenters. The van der Waals surface area contributed by atoms with E-state index >= 15 is 0 Å². The van der Waals surface area contributed by atoms with Gasteiger partial charge in [0.05, 0.1) is 5.92 Å². The highest BCUT2D eigenvalue weighted by atomic mass is 32.2. The average Bonchev–Trinajstić information content (AvgIpc) is 3.07. The van der Waals surface area contributed by atoms with Crippen LogP contribution in [-0.2, 0) is 26.7 Å². The first-order valence-electron chi connectivity index (χ1n) is 8.29. The van der Waals surface area contributed by atoms with E-state index in [0.29, 0.717) is 11.7 Å². The van der Waals surface area contributed by atoms with Crippen molar-refractivity contribution in [3.05, 3.63) is 0 Å². The third-order valence-corrected chi connectivity index (χ3v) is 7.55. The highest BCUT2D eigenvalue weighted by Gasteiger charge is 2.44. The van der Waals surface area contributed by atoms with Gasteiger partial charge in [-0.1, -0.05) is 6.42 Å². The molecule has 0 aromatic rings. The number of thiol groups is 1. The van der Waals surface area contributed by atoms with Crippen LogP contribution in [0.2, 0.25) is 0 Å². The van der Waals surface area contributed by atoms with Gasteiger partial charge in [-0.3, -0.25) is 4.79 Å². The molecule has 4 atom stereocenters. The lowest BCUT2D eigenvalue weighted by Crippen LogP contribution is -2.28. The van der Waals surface area contributed by atoms with E-state index in [4.69, 9.17) is 13.0 Å². The summed E-state index contributed by atoms with van der Waals surface area (Å²) in [6, 6.07) is 0. The molecule has 0 saturated heterocycles. The summed E-state index contributed by atoms with van der Waals surface area (Å²) >= 11 is 1.62. The smallest absolute Gasteiger partial charge is 0.485 e. The molecule has 2 bridgehead atoms. The van der Waals surface area contributed by atoms with E-state index in [1.54, 1.807) is 11.8 Å². The summed E-state index contributed by atoms with van der Waals surface area (Å²) in [5.41, 5.74) is -5.65. The van der Waals surface area contributed by atoms with Crippen LogP contribution in [0.3, 0.4) is 0 Å². The van der Waals surface area contributed by atoms with Gasteiger partial charge in [0.15, 0.2) is 10.1 Å². The first-order valence-corrected chi connectivity index (χ1v) is 10.8. The minimum atomic E-state index is -6.09. The monoisotopic (exact) mass is 388 g/mol. The molecule has 3 rings (SSSR count). The van der Waals surface area contributed by atoms with Gasteiger partial charge in [-0.05, 0) is 56.2 Å². The summed E-state index contributed by atoms with van der Waals surface area (Å²) in [7, 11) is -6.09. The number of carbonyl (C=O) groups is 1. The van der Waals surface area contributed by atoms with Crippen molar-refractivity contribution >= 4 is 27.7 Å². The Balaban J connectivity index is 0.000000224. The Morgan fingerprint density at radius 2 is 1.79 bits per heavy atom. The predicted octanol–water partition coefficient (Wildman–Crippen LogP) is 2.80. The molecule has 0 heterocycles. The molecule has 0 spiro atoms. The quantitative estimate of drug-likeness (QED) is 0.322. The van der Waals surface area contributed by atoms with Gasteiger partial charge in [-0.25, -0.2) is 8.42 Å². The molecule has 0 N–H and O–H groups in total. The molecule has 0 radical (unpaired) electrons. The van der Waals surface area contributed by atoms with Crippen molar-refractivity contribution in [2.24, 2.45) is 17.8 Å². The van der Waals surface area contributed by atoms with Gasteiger partial charge in [0.2, 0.25) is 0 Å². The van der Waals surface area contributed by atoms with E-state index in [1.807, 2.05) is 0 Å². The minimum absolute atomic E-state index is 0.439. The number of fused-ring (bicyclic) bond motifs is 2. The highest BCUT2D eigenvalue weighted by Crippen LogP contribution is 2.46. The van der Waals surface area contributed by atoms with Crippen molar-refractivity contribution in [3.63, 3.8) is 0 Å². The average molecular weight is 388 g/mol. The Labute approximate surface area is 144 Å². The summed E-state index contributed by atoms with van der Waals surface area (Å²) in [5, 5.41) is 0.966. The number of halogens is 3. The maximum absolute atomic E-state index is 11.8. The number of hydrogen-bond donors (Lipinski definition) is 0. The van der Waals surface area contributed by atoms with Crippen LogP contribution in [0.15, 0.2) is 0 Å². The lowest BCUT2D eigenvalue weighted by atomic mass is 9.89. The lowest BCUT2D eigenvalue weighted by molar-refractivity contribution is -0.123. The summed E-state index contributed by atoms with van der Waals surface area (Å²) in [6.07, 6.45) is 10.5. The van der Waals surface area contributed by atoms with E-state index in [9.17, 15) is 18.0 Å². The molecule has 24 heavy (non-hydrogen) atoms. The number of ketones is 1. The van der Waals surface area contributed by atoms with Crippen LogP contribution in [0.4, 0.5) is 13.2 Å². The molecule has 3 saturated carbocycles. The van der Waals surface area contributed by atoms with Crippen molar-refractivity contribution < 1.29 is 30.9 Å². The van der Waals surface area contributed by atoms with Crippen LogP contribution in [0, 0.1) is 17.8 Å². The third-order valence-electron chi connectivity index (χ3n) is 5.23. The van der Waals surface area contributed by atoms with Gasteiger partial charge >= 0.3 is 5.51 Å². The SMILES string of the molecule is O=C1CCCCC1C[SH+]C1CC2CCC1C2.O=S(=O)([O-])C(F)(F)F. The van der Waals surface area contributed by atoms with Gasteiger partial charge in [0.25, 0.3) is 0 Å². The number of alkyl halides is 3. The number of carbonyl (C=O) groups excluding carboxylic acids is 1. The topological polar surface area (TPSA) is 74.3 Å². The first kappa shape index (κ1) is 20.0. The summed E-state index contributed by atoms with van der Waals surface area (Å²) in [4.78, 5) is 11.8. The zero-order valence-corrected chi connectivity index (χ0v) is 15.0. The van der Waals surface area contributed by atoms with Crippen LogP contribution in [0.5, 0.6) is 0 Å². The Morgan fingerprint density at radius 1 is 1.12 bits per heavy atom. The summed E-state index contributed by atoms with van der Waals surface area (Å²) in [6.45, 7) is 0. The van der Waals surface area contributed by atoms with Crippen LogP contribution < -0.4 is 0 Å². The molecule has 0 amide bonds. The summed E-state index contributed by atoms with van der Waals surface area (Å²) < 4.78 is 58.9. The second kappa shape index (κ2) is 7.95. The van der Waals surface area contributed by atoms with Crippen molar-refractivity contribution in [1.82, 2.24) is 0 Å². The molecule has 4 nitrogen and oxygen atoms in total. The van der Waals surface area contributed by atoms with Crippen molar-refractivity contribution in [2.75, 3.05) is 5.75 Å². The van der Waals surface area contributed by atoms with Crippen LogP contribution >= 0.6 is 0 Å². The van der Waals surface area contributed by atoms with Gasteiger partial charge in [0, 0.05) is 12.3 Å². The zero-order chi connectivity index (χ0) is 18.0. The fourth-order valence-corrected chi connectivity index (χ4v) is 5.87. The predicted molar refractivity (Wildman–Crippen MR) is 85.6 cm³/mol. The second-order valence-corrected chi connectivity index (χ2v) is 9.68. The molecule has 0 aromatic carbocycles. The Kier molecular flexibility index (Phi) is 6.64. The maximum Gasteiger partial charge on any atom is 0.485 e. The van der Waals surface area contributed by atoms with Crippen molar-refractivity contribution in [1.29, 1.82) is 0 Å². The van der Waals surface area contributed by atoms with Gasteiger partial charge in [0.1, 0.15) is 16.8 Å². The molecule has 140 valence electrons. The molecule has 3 fully saturated rings. The lowest BCUT2D eigenvalue weighted by Gasteiger charge is -2.20. The second-order valence-electron chi connectivity index (χ2n) is 6.92. The van der Waals surface area contributed by atoms with E-state index in [0.717, 1.165) is 29.9 Å². The molecule has 3 aliphatic rings. The standard InChI is InChI=1S/C14H22OS.CHF3O3S/c15-13-4-2-1-3-12(13)9-16-14-8-10-5-6-11(14)7-10;2-1(3,4)8(5,6)7/h10-12,14H,1-9H2;(H,5,6,7). The van der Waals surface area contributed by atoms with Gasteiger partial charge in [-0.15, -0.1) is 0 Å². The van der Waals surface area contributed by atoms with Crippen LogP contribution in [-0.4, -0.2) is 35.3 Å². The summed E-state index contributed by atoms with van der Waals surface area (Å²) in [5.74, 6) is 4.29. The molecular weight excluding hydrogens is 365 g/mol. The minimum Gasteiger partial charge on any atom is -0.741 e. The largest absolute Gasteiger partial charge is 0.741 e. The molecular formula is C15H23F3O4S2. The van der Waals surface area contributed by atoms with E-state index in [2.05, 4.69) is 0 Å². The Morgan fingerprint density at radius 3 is 2.25 bits per heavy atom. The highest BCUT2D eigenvalue weighted by molar-refractivity contribution is 7.86. The van der Waals surface area contributed by atoms with Gasteiger partial charge < -0.3 is 4.55 Å². The number of Topliss-reactive ketones (excluding diaryl/α,β-unsaturated/α-hetero) is 1. The van der Waals surface area contributed by atoms with Crippen molar-refractivity contribution in [3.8, 4) is 0 Å². The Hall–Kier alpha value is -0.280.